The first-order valence-electron chi connectivity index (χ1n) is 5.67. The van der Waals surface area contributed by atoms with E-state index in [0.717, 1.165) is 24.3 Å². The fourth-order valence-corrected chi connectivity index (χ4v) is 2.56. The molecule has 2 aliphatic rings. The first-order valence-corrected chi connectivity index (χ1v) is 5.67. The zero-order chi connectivity index (χ0) is 9.97. The Morgan fingerprint density at radius 3 is 3.00 bits per heavy atom. The van der Waals surface area contributed by atoms with Crippen molar-refractivity contribution in [3.63, 3.8) is 0 Å². The van der Waals surface area contributed by atoms with Crippen LogP contribution in [0.15, 0.2) is 12.2 Å². The molecule has 2 aliphatic carbocycles. The Balaban J connectivity index is 1.70. The lowest BCUT2D eigenvalue weighted by atomic mass is 9.89. The van der Waals surface area contributed by atoms with Crippen molar-refractivity contribution in [2.45, 2.75) is 32.6 Å². The third-order valence-corrected chi connectivity index (χ3v) is 3.51. The van der Waals surface area contributed by atoms with Gasteiger partial charge in [0, 0.05) is 13.5 Å². The van der Waals surface area contributed by atoms with Gasteiger partial charge in [0.2, 0.25) is 5.91 Å². The zero-order valence-corrected chi connectivity index (χ0v) is 8.83. The maximum absolute atomic E-state index is 10.7. The Morgan fingerprint density at radius 2 is 2.36 bits per heavy atom. The van der Waals surface area contributed by atoms with Gasteiger partial charge in [0.1, 0.15) is 0 Å². The molecule has 0 aromatic carbocycles. The Hall–Kier alpha value is -0.790. The molecule has 3 atom stereocenters. The van der Waals surface area contributed by atoms with E-state index in [1.165, 1.54) is 25.7 Å². The molecule has 0 spiro atoms. The number of carbonyl (C=O) groups excluding carboxylic acids is 1. The second-order valence-corrected chi connectivity index (χ2v) is 4.64. The fourth-order valence-electron chi connectivity index (χ4n) is 2.56. The van der Waals surface area contributed by atoms with Crippen molar-refractivity contribution in [1.29, 1.82) is 0 Å². The van der Waals surface area contributed by atoms with Gasteiger partial charge >= 0.3 is 0 Å². The molecule has 0 aromatic heterocycles. The lowest BCUT2D eigenvalue weighted by Crippen LogP contribution is -2.23. The van der Waals surface area contributed by atoms with Crippen molar-refractivity contribution >= 4 is 5.91 Å². The quantitative estimate of drug-likeness (QED) is 0.683. The van der Waals surface area contributed by atoms with Gasteiger partial charge in [-0.2, -0.15) is 0 Å². The molecule has 1 fully saturated rings. The van der Waals surface area contributed by atoms with Crippen LogP contribution in [0, 0.1) is 17.8 Å². The monoisotopic (exact) mass is 193 g/mol. The van der Waals surface area contributed by atoms with Crippen molar-refractivity contribution in [3.05, 3.63) is 12.2 Å². The minimum atomic E-state index is 0.110. The van der Waals surface area contributed by atoms with Crippen LogP contribution in [0.25, 0.3) is 0 Å². The van der Waals surface area contributed by atoms with Crippen LogP contribution in [-0.2, 0) is 4.79 Å². The van der Waals surface area contributed by atoms with E-state index < -0.39 is 0 Å². The third kappa shape index (κ3) is 2.37. The molecule has 0 saturated heterocycles. The van der Waals surface area contributed by atoms with Gasteiger partial charge in [-0.3, -0.25) is 4.79 Å². The van der Waals surface area contributed by atoms with Gasteiger partial charge in [0.25, 0.3) is 0 Å². The van der Waals surface area contributed by atoms with Gasteiger partial charge in [0.05, 0.1) is 0 Å². The van der Waals surface area contributed by atoms with Crippen LogP contribution in [0.1, 0.15) is 32.6 Å². The largest absolute Gasteiger partial charge is 0.356 e. The molecule has 3 unspecified atom stereocenters. The number of nitrogens with one attached hydrogen (secondary N) is 1. The SMILES string of the molecule is CC(=O)NCC1CC1C1CC=CCC1. The molecule has 0 aromatic rings. The summed E-state index contributed by atoms with van der Waals surface area (Å²) >= 11 is 0. The molecule has 2 nitrogen and oxygen atoms in total. The molecule has 1 amide bonds. The summed E-state index contributed by atoms with van der Waals surface area (Å²) in [5, 5.41) is 2.92. The molecular weight excluding hydrogens is 174 g/mol. The molecule has 0 aliphatic heterocycles. The van der Waals surface area contributed by atoms with Gasteiger partial charge in [-0.05, 0) is 43.4 Å². The second kappa shape index (κ2) is 4.16. The van der Waals surface area contributed by atoms with Crippen molar-refractivity contribution in [3.8, 4) is 0 Å². The Bertz CT molecular complexity index is 247. The van der Waals surface area contributed by atoms with Gasteiger partial charge in [-0.15, -0.1) is 0 Å². The molecule has 2 rings (SSSR count). The molecule has 2 heteroatoms. The summed E-state index contributed by atoms with van der Waals surface area (Å²) in [6.45, 7) is 2.50. The average molecular weight is 193 g/mol. The highest BCUT2D eigenvalue weighted by Gasteiger charge is 2.41. The maximum atomic E-state index is 10.7. The zero-order valence-electron chi connectivity index (χ0n) is 8.83. The molecule has 1 saturated carbocycles. The average Bonchev–Trinajstić information content (AvgIpc) is 2.95. The summed E-state index contributed by atoms with van der Waals surface area (Å²) in [6.07, 6.45) is 9.83. The highest BCUT2D eigenvalue weighted by atomic mass is 16.1. The molecule has 0 bridgehead atoms. The Morgan fingerprint density at radius 1 is 1.50 bits per heavy atom. The summed E-state index contributed by atoms with van der Waals surface area (Å²) in [5.41, 5.74) is 0. The van der Waals surface area contributed by atoms with Crippen LogP contribution in [0.5, 0.6) is 0 Å². The Labute approximate surface area is 85.8 Å². The van der Waals surface area contributed by atoms with Crippen LogP contribution in [0.2, 0.25) is 0 Å². The number of rotatable bonds is 3. The first-order chi connectivity index (χ1) is 6.77. The van der Waals surface area contributed by atoms with Crippen molar-refractivity contribution in [2.24, 2.45) is 17.8 Å². The van der Waals surface area contributed by atoms with Gasteiger partial charge in [-0.25, -0.2) is 0 Å². The van der Waals surface area contributed by atoms with Crippen molar-refractivity contribution < 1.29 is 4.79 Å². The van der Waals surface area contributed by atoms with Crippen LogP contribution in [0.3, 0.4) is 0 Å². The molecule has 1 N–H and O–H groups in total. The standard InChI is InChI=1S/C12H19NO/c1-9(14)13-8-11-7-12(11)10-5-3-2-4-6-10/h2-3,10-12H,4-8H2,1H3,(H,13,14). The predicted molar refractivity (Wildman–Crippen MR) is 56.8 cm³/mol. The van der Waals surface area contributed by atoms with Crippen LogP contribution < -0.4 is 5.32 Å². The van der Waals surface area contributed by atoms with Crippen LogP contribution in [0.4, 0.5) is 0 Å². The van der Waals surface area contributed by atoms with Gasteiger partial charge in [0.15, 0.2) is 0 Å². The highest BCUT2D eigenvalue weighted by molar-refractivity contribution is 5.72. The van der Waals surface area contributed by atoms with E-state index in [2.05, 4.69) is 17.5 Å². The number of hydrogen-bond donors (Lipinski definition) is 1. The van der Waals surface area contributed by atoms with E-state index in [9.17, 15) is 4.79 Å². The van der Waals surface area contributed by atoms with Crippen LogP contribution in [-0.4, -0.2) is 12.5 Å². The highest BCUT2D eigenvalue weighted by Crippen LogP contribution is 2.47. The van der Waals surface area contributed by atoms with E-state index in [4.69, 9.17) is 0 Å². The lowest BCUT2D eigenvalue weighted by Gasteiger charge is -2.17. The number of carbonyl (C=O) groups is 1. The number of allylic oxidation sites excluding steroid dienone is 2. The maximum Gasteiger partial charge on any atom is 0.216 e. The van der Waals surface area contributed by atoms with E-state index >= 15 is 0 Å². The van der Waals surface area contributed by atoms with Crippen molar-refractivity contribution in [2.75, 3.05) is 6.54 Å². The molecule has 0 radical (unpaired) electrons. The van der Waals surface area contributed by atoms with Gasteiger partial charge < -0.3 is 5.32 Å². The summed E-state index contributed by atoms with van der Waals surface area (Å²) in [7, 11) is 0. The third-order valence-electron chi connectivity index (χ3n) is 3.51. The van der Waals surface area contributed by atoms with E-state index in [1.54, 1.807) is 6.92 Å². The summed E-state index contributed by atoms with van der Waals surface area (Å²) in [6, 6.07) is 0. The topological polar surface area (TPSA) is 29.1 Å². The predicted octanol–water partition coefficient (Wildman–Crippen LogP) is 2.11. The van der Waals surface area contributed by atoms with E-state index in [0.29, 0.717) is 0 Å². The minimum Gasteiger partial charge on any atom is -0.356 e. The Kier molecular flexibility index (Phi) is 2.90. The molecule has 14 heavy (non-hydrogen) atoms. The number of amides is 1. The fraction of sp³-hybridized carbons (Fsp3) is 0.750. The summed E-state index contributed by atoms with van der Waals surface area (Å²) < 4.78 is 0. The van der Waals surface area contributed by atoms with Crippen molar-refractivity contribution in [1.82, 2.24) is 5.32 Å². The number of hydrogen-bond acceptors (Lipinski definition) is 1. The first kappa shape index (κ1) is 9.75. The summed E-state index contributed by atoms with van der Waals surface area (Å²) in [4.78, 5) is 10.7. The normalized spacial score (nSPS) is 35.4. The minimum absolute atomic E-state index is 0.110. The second-order valence-electron chi connectivity index (χ2n) is 4.64. The molecule has 78 valence electrons. The molecular formula is C12H19NO. The van der Waals surface area contributed by atoms with E-state index in [-0.39, 0.29) is 5.91 Å². The summed E-state index contributed by atoms with van der Waals surface area (Å²) in [5.74, 6) is 2.68. The van der Waals surface area contributed by atoms with Gasteiger partial charge in [-0.1, -0.05) is 12.2 Å². The molecule has 0 heterocycles. The smallest absolute Gasteiger partial charge is 0.216 e. The van der Waals surface area contributed by atoms with Crippen LogP contribution >= 0.6 is 0 Å². The lowest BCUT2D eigenvalue weighted by molar-refractivity contribution is -0.119. The van der Waals surface area contributed by atoms with E-state index in [1.807, 2.05) is 0 Å².